The molecule has 0 aliphatic carbocycles. The minimum atomic E-state index is -1.08. The van der Waals surface area contributed by atoms with Crippen LogP contribution in [0.2, 0.25) is 0 Å². The summed E-state index contributed by atoms with van der Waals surface area (Å²) in [6.45, 7) is 1.44. The third-order valence-corrected chi connectivity index (χ3v) is 3.58. The van der Waals surface area contributed by atoms with Crippen LogP contribution in [0.25, 0.3) is 0 Å². The van der Waals surface area contributed by atoms with Gasteiger partial charge >= 0.3 is 5.97 Å². The molecule has 26 heavy (non-hydrogen) atoms. The van der Waals surface area contributed by atoms with Crippen LogP contribution < -0.4 is 14.8 Å². The van der Waals surface area contributed by atoms with Gasteiger partial charge in [0.15, 0.2) is 17.6 Å². The number of carbonyl (C=O) groups is 2. The maximum Gasteiger partial charge on any atom is 0.342 e. The lowest BCUT2D eigenvalue weighted by Gasteiger charge is -2.16. The fourth-order valence-corrected chi connectivity index (χ4v) is 2.25. The number of anilines is 1. The van der Waals surface area contributed by atoms with Crippen molar-refractivity contribution in [2.75, 3.05) is 19.5 Å². The van der Waals surface area contributed by atoms with Crippen molar-refractivity contribution < 1.29 is 23.8 Å². The summed E-state index contributed by atoms with van der Waals surface area (Å²) in [5.74, 6) is -0.677. The second-order valence-electron chi connectivity index (χ2n) is 5.24. The number of nitrogens with zero attached hydrogens (tertiary/aromatic N) is 1. The minimum Gasteiger partial charge on any atom is -0.493 e. The molecular weight excluding hydrogens is 336 g/mol. The molecule has 0 spiro atoms. The molecular formula is C19H18N2O5. The Morgan fingerprint density at radius 1 is 1.08 bits per heavy atom. The Bertz CT molecular complexity index is 857. The van der Waals surface area contributed by atoms with Gasteiger partial charge in [0, 0.05) is 0 Å². The van der Waals surface area contributed by atoms with E-state index in [2.05, 4.69) is 5.32 Å². The molecule has 0 saturated heterocycles. The number of amides is 1. The molecule has 0 aliphatic heterocycles. The number of methoxy groups -OCH3 is 2. The first-order valence-corrected chi connectivity index (χ1v) is 7.73. The highest BCUT2D eigenvalue weighted by molar-refractivity contribution is 5.99. The summed E-state index contributed by atoms with van der Waals surface area (Å²) in [5.41, 5.74) is 0.805. The molecule has 0 aliphatic rings. The van der Waals surface area contributed by atoms with E-state index in [4.69, 9.17) is 19.5 Å². The van der Waals surface area contributed by atoms with Crippen LogP contribution in [-0.4, -0.2) is 32.2 Å². The van der Waals surface area contributed by atoms with Crippen LogP contribution in [0.3, 0.4) is 0 Å². The van der Waals surface area contributed by atoms with Gasteiger partial charge < -0.3 is 19.5 Å². The van der Waals surface area contributed by atoms with Crippen molar-refractivity contribution in [3.05, 3.63) is 53.6 Å². The second-order valence-corrected chi connectivity index (χ2v) is 5.24. The van der Waals surface area contributed by atoms with Gasteiger partial charge in [-0.2, -0.15) is 5.26 Å². The third-order valence-electron chi connectivity index (χ3n) is 3.58. The highest BCUT2D eigenvalue weighted by Crippen LogP contribution is 2.31. The zero-order chi connectivity index (χ0) is 19.1. The van der Waals surface area contributed by atoms with E-state index in [-0.39, 0.29) is 11.3 Å². The van der Waals surface area contributed by atoms with E-state index in [0.717, 1.165) is 0 Å². The predicted molar refractivity (Wildman–Crippen MR) is 94.2 cm³/mol. The molecule has 1 amide bonds. The number of hydrogen-bond acceptors (Lipinski definition) is 6. The van der Waals surface area contributed by atoms with Crippen molar-refractivity contribution in [2.45, 2.75) is 13.0 Å². The Hall–Kier alpha value is -3.53. The lowest BCUT2D eigenvalue weighted by atomic mass is 10.2. The van der Waals surface area contributed by atoms with E-state index in [1.165, 1.54) is 27.2 Å². The summed E-state index contributed by atoms with van der Waals surface area (Å²) in [4.78, 5) is 24.7. The first-order chi connectivity index (χ1) is 12.5. The minimum absolute atomic E-state index is 0.143. The Morgan fingerprint density at radius 2 is 1.81 bits per heavy atom. The number of hydrogen-bond donors (Lipinski definition) is 1. The van der Waals surface area contributed by atoms with Crippen molar-refractivity contribution in [3.8, 4) is 17.6 Å². The summed E-state index contributed by atoms with van der Waals surface area (Å²) in [7, 11) is 2.86. The van der Waals surface area contributed by atoms with Crippen molar-refractivity contribution in [3.63, 3.8) is 0 Å². The Labute approximate surface area is 151 Å². The number of benzene rings is 2. The Kier molecular flexibility index (Phi) is 6.17. The summed E-state index contributed by atoms with van der Waals surface area (Å²) in [6.07, 6.45) is -1.08. The predicted octanol–water partition coefficient (Wildman–Crippen LogP) is 2.76. The Balaban J connectivity index is 2.12. The number of nitrogens with one attached hydrogen (secondary N) is 1. The second kappa shape index (κ2) is 8.53. The topological polar surface area (TPSA) is 97.6 Å². The molecule has 0 fully saturated rings. The van der Waals surface area contributed by atoms with Crippen molar-refractivity contribution in [2.24, 2.45) is 0 Å². The number of esters is 1. The molecule has 7 nitrogen and oxygen atoms in total. The molecule has 0 heterocycles. The van der Waals surface area contributed by atoms with Crippen LogP contribution in [-0.2, 0) is 9.53 Å². The maximum absolute atomic E-state index is 12.4. The van der Waals surface area contributed by atoms with Gasteiger partial charge in [0.2, 0.25) is 0 Å². The number of carbonyl (C=O) groups excluding carboxylic acids is 2. The molecule has 0 aromatic heterocycles. The lowest BCUT2D eigenvalue weighted by Crippen LogP contribution is -2.30. The normalized spacial score (nSPS) is 11.0. The van der Waals surface area contributed by atoms with Crippen LogP contribution in [0, 0.1) is 11.3 Å². The molecule has 1 N–H and O–H groups in total. The monoisotopic (exact) mass is 354 g/mol. The summed E-state index contributed by atoms with van der Waals surface area (Å²) < 4.78 is 15.6. The molecule has 2 rings (SSSR count). The van der Waals surface area contributed by atoms with Crippen LogP contribution in [0.5, 0.6) is 11.5 Å². The van der Waals surface area contributed by atoms with Crippen molar-refractivity contribution in [1.29, 1.82) is 5.26 Å². The van der Waals surface area contributed by atoms with E-state index < -0.39 is 18.0 Å². The standard InChI is InChI=1S/C19H18N2O5/c1-12(18(22)21-15-9-5-4-7-13(15)11-20)26-19(23)14-8-6-10-16(24-2)17(14)25-3/h4-10,12H,1-3H3,(H,21,22)/t12-/m1/s1. The lowest BCUT2D eigenvalue weighted by molar-refractivity contribution is -0.123. The van der Waals surface area contributed by atoms with Crippen LogP contribution >= 0.6 is 0 Å². The number of rotatable bonds is 6. The van der Waals surface area contributed by atoms with Crippen LogP contribution in [0.1, 0.15) is 22.8 Å². The van der Waals surface area contributed by atoms with E-state index >= 15 is 0 Å². The van der Waals surface area contributed by atoms with E-state index in [0.29, 0.717) is 17.0 Å². The molecule has 2 aromatic rings. The highest BCUT2D eigenvalue weighted by Gasteiger charge is 2.23. The SMILES string of the molecule is COc1cccc(C(=O)O[C@H](C)C(=O)Nc2ccccc2C#N)c1OC. The Morgan fingerprint density at radius 3 is 2.46 bits per heavy atom. The molecule has 0 radical (unpaired) electrons. The average Bonchev–Trinajstić information content (AvgIpc) is 2.67. The maximum atomic E-state index is 12.4. The van der Waals surface area contributed by atoms with E-state index in [9.17, 15) is 9.59 Å². The zero-order valence-corrected chi connectivity index (χ0v) is 14.6. The molecule has 0 saturated carbocycles. The molecule has 1 atom stereocenters. The highest BCUT2D eigenvalue weighted by atomic mass is 16.6. The number of para-hydroxylation sites is 2. The van der Waals surface area contributed by atoms with Gasteiger partial charge in [0.05, 0.1) is 25.5 Å². The van der Waals surface area contributed by atoms with Crippen LogP contribution in [0.15, 0.2) is 42.5 Å². The molecule has 0 bridgehead atoms. The zero-order valence-electron chi connectivity index (χ0n) is 14.6. The smallest absolute Gasteiger partial charge is 0.342 e. The van der Waals surface area contributed by atoms with Gasteiger partial charge in [-0.05, 0) is 31.2 Å². The summed E-state index contributed by atoms with van der Waals surface area (Å²) >= 11 is 0. The third kappa shape index (κ3) is 4.11. The molecule has 134 valence electrons. The van der Waals surface area contributed by atoms with E-state index in [1.54, 1.807) is 36.4 Å². The summed E-state index contributed by atoms with van der Waals surface area (Å²) in [6, 6.07) is 13.3. The van der Waals surface area contributed by atoms with Crippen molar-refractivity contribution in [1.82, 2.24) is 0 Å². The van der Waals surface area contributed by atoms with Gasteiger partial charge in [-0.3, -0.25) is 4.79 Å². The van der Waals surface area contributed by atoms with E-state index in [1.807, 2.05) is 6.07 Å². The fourth-order valence-electron chi connectivity index (χ4n) is 2.25. The molecule has 7 heteroatoms. The van der Waals surface area contributed by atoms with Gasteiger partial charge in [0.25, 0.3) is 5.91 Å². The largest absolute Gasteiger partial charge is 0.493 e. The molecule has 0 unspecified atom stereocenters. The number of nitriles is 1. The average molecular weight is 354 g/mol. The fraction of sp³-hybridized carbons (Fsp3) is 0.211. The number of ether oxygens (including phenoxy) is 3. The summed E-state index contributed by atoms with van der Waals surface area (Å²) in [5, 5.41) is 11.6. The van der Waals surface area contributed by atoms with Crippen molar-refractivity contribution >= 4 is 17.6 Å². The first-order valence-electron chi connectivity index (χ1n) is 7.73. The van der Waals surface area contributed by atoms with Gasteiger partial charge in [-0.15, -0.1) is 0 Å². The van der Waals surface area contributed by atoms with Gasteiger partial charge in [-0.1, -0.05) is 18.2 Å². The molecule has 2 aromatic carbocycles. The van der Waals surface area contributed by atoms with Gasteiger partial charge in [0.1, 0.15) is 11.6 Å². The quantitative estimate of drug-likeness (QED) is 0.801. The first kappa shape index (κ1) is 18.8. The van der Waals surface area contributed by atoms with Gasteiger partial charge in [-0.25, -0.2) is 4.79 Å². The van der Waals surface area contributed by atoms with Crippen LogP contribution in [0.4, 0.5) is 5.69 Å².